The second-order valence-electron chi connectivity index (χ2n) is 5.25. The van der Waals surface area contributed by atoms with Crippen molar-refractivity contribution < 1.29 is 4.43 Å². The molecule has 1 nitrogen and oxygen atoms in total. The largest absolute Gasteiger partial charge is 0.413 e. The molecule has 0 fully saturated rings. The molecule has 1 radical (unpaired) electrons. The van der Waals surface area contributed by atoms with E-state index in [0.29, 0.717) is 16.6 Å². The van der Waals surface area contributed by atoms with Crippen molar-refractivity contribution in [2.75, 3.05) is 0 Å². The first-order valence-corrected chi connectivity index (χ1v) is 7.90. The van der Waals surface area contributed by atoms with Crippen LogP contribution in [0.15, 0.2) is 0 Å². The molecule has 85 valence electrons. The minimum Gasteiger partial charge on any atom is -0.413 e. The molecule has 0 aliphatic heterocycles. The molecular weight excluding hydrogens is 188 g/mol. The number of hydrogen-bond acceptors (Lipinski definition) is 1. The van der Waals surface area contributed by atoms with Crippen LogP contribution in [0.4, 0.5) is 0 Å². The molecule has 0 N–H and O–H groups in total. The minimum absolute atomic E-state index is 0.119. The monoisotopic (exact) mass is 215 g/mol. The van der Waals surface area contributed by atoms with E-state index in [1.807, 2.05) is 0 Å². The second-order valence-corrected chi connectivity index (χ2v) is 10.7. The fraction of sp³-hybridized carbons (Fsp3) is 0.917. The highest BCUT2D eigenvalue weighted by Crippen LogP contribution is 2.42. The SMILES string of the molecule is [CH2]C(C)O[Si](C(C)C)(C(C)C)C(C)C. The summed E-state index contributed by atoms with van der Waals surface area (Å²) in [6.07, 6.45) is 0.119. The first-order valence-electron chi connectivity index (χ1n) is 5.76. The summed E-state index contributed by atoms with van der Waals surface area (Å²) in [5.74, 6) is 0. The van der Waals surface area contributed by atoms with Crippen LogP contribution < -0.4 is 0 Å². The van der Waals surface area contributed by atoms with Crippen LogP contribution >= 0.6 is 0 Å². The maximum absolute atomic E-state index is 6.25. The lowest BCUT2D eigenvalue weighted by atomic mass is 10.5. The van der Waals surface area contributed by atoms with Gasteiger partial charge in [-0.2, -0.15) is 0 Å². The first kappa shape index (κ1) is 14.2. The van der Waals surface area contributed by atoms with E-state index in [4.69, 9.17) is 4.43 Å². The van der Waals surface area contributed by atoms with E-state index in [1.54, 1.807) is 0 Å². The molecule has 0 saturated heterocycles. The third-order valence-electron chi connectivity index (χ3n) is 3.11. The van der Waals surface area contributed by atoms with E-state index in [1.165, 1.54) is 0 Å². The molecule has 0 aromatic carbocycles. The number of hydrogen-bond donors (Lipinski definition) is 0. The lowest BCUT2D eigenvalue weighted by molar-refractivity contribution is 0.232. The third kappa shape index (κ3) is 2.83. The molecule has 0 bridgehead atoms. The minimum atomic E-state index is -1.65. The van der Waals surface area contributed by atoms with E-state index in [2.05, 4.69) is 55.4 Å². The summed E-state index contributed by atoms with van der Waals surface area (Å²) < 4.78 is 6.25. The first-order chi connectivity index (χ1) is 6.25. The Bertz CT molecular complexity index is 140. The Morgan fingerprint density at radius 3 is 1.14 bits per heavy atom. The lowest BCUT2D eigenvalue weighted by Gasteiger charge is -2.43. The van der Waals surface area contributed by atoms with E-state index in [-0.39, 0.29) is 6.10 Å². The zero-order valence-corrected chi connectivity index (χ0v) is 11.9. The third-order valence-corrected chi connectivity index (χ3v) is 9.34. The van der Waals surface area contributed by atoms with E-state index in [0.717, 1.165) is 0 Å². The van der Waals surface area contributed by atoms with Crippen molar-refractivity contribution in [2.45, 2.75) is 71.2 Å². The zero-order valence-electron chi connectivity index (χ0n) is 10.9. The van der Waals surface area contributed by atoms with Gasteiger partial charge in [-0.15, -0.1) is 0 Å². The highest BCUT2D eigenvalue weighted by atomic mass is 28.4. The van der Waals surface area contributed by atoms with Crippen LogP contribution in [0, 0.1) is 6.92 Å². The van der Waals surface area contributed by atoms with Gasteiger partial charge in [0, 0.05) is 6.10 Å². The smallest absolute Gasteiger partial charge is 0.200 e. The highest BCUT2D eigenvalue weighted by molar-refractivity contribution is 6.77. The molecule has 1 unspecified atom stereocenters. The van der Waals surface area contributed by atoms with Crippen molar-refractivity contribution >= 4 is 8.32 Å². The van der Waals surface area contributed by atoms with E-state index in [9.17, 15) is 0 Å². The van der Waals surface area contributed by atoms with Crippen molar-refractivity contribution in [3.05, 3.63) is 6.92 Å². The molecule has 0 amide bonds. The van der Waals surface area contributed by atoms with Crippen molar-refractivity contribution in [3.8, 4) is 0 Å². The van der Waals surface area contributed by atoms with Crippen molar-refractivity contribution in [1.29, 1.82) is 0 Å². The molecule has 14 heavy (non-hydrogen) atoms. The molecule has 0 heterocycles. The predicted octanol–water partition coefficient (Wildman–Crippen LogP) is 4.40. The van der Waals surface area contributed by atoms with Crippen molar-refractivity contribution in [2.24, 2.45) is 0 Å². The average molecular weight is 215 g/mol. The van der Waals surface area contributed by atoms with Gasteiger partial charge in [-0.05, 0) is 30.5 Å². The normalized spacial score (nSPS) is 13.7. The van der Waals surface area contributed by atoms with Gasteiger partial charge in [-0.1, -0.05) is 41.5 Å². The average Bonchev–Trinajstić information content (AvgIpc) is 1.97. The Kier molecular flexibility index (Phi) is 5.38. The van der Waals surface area contributed by atoms with Gasteiger partial charge in [0.2, 0.25) is 8.32 Å². The van der Waals surface area contributed by atoms with Gasteiger partial charge in [0.25, 0.3) is 0 Å². The fourth-order valence-electron chi connectivity index (χ4n) is 2.76. The predicted molar refractivity (Wildman–Crippen MR) is 67.0 cm³/mol. The molecular formula is C12H27OSi. The van der Waals surface area contributed by atoms with E-state index >= 15 is 0 Å². The van der Waals surface area contributed by atoms with Gasteiger partial charge in [-0.3, -0.25) is 0 Å². The second kappa shape index (κ2) is 5.31. The summed E-state index contributed by atoms with van der Waals surface area (Å²) in [4.78, 5) is 0. The Morgan fingerprint density at radius 2 is 1.07 bits per heavy atom. The molecule has 0 spiro atoms. The topological polar surface area (TPSA) is 9.23 Å². The molecule has 2 heteroatoms. The Hall–Kier alpha value is 0.177. The highest BCUT2D eigenvalue weighted by Gasteiger charge is 2.45. The fourth-order valence-corrected chi connectivity index (χ4v) is 8.27. The zero-order chi connectivity index (χ0) is 11.5. The van der Waals surface area contributed by atoms with Crippen LogP contribution in [0.2, 0.25) is 16.6 Å². The maximum atomic E-state index is 6.25. The molecule has 0 aromatic heterocycles. The van der Waals surface area contributed by atoms with Crippen LogP contribution in [-0.4, -0.2) is 14.4 Å². The number of rotatable bonds is 5. The maximum Gasteiger partial charge on any atom is 0.200 e. The molecule has 0 rings (SSSR count). The molecule has 0 aliphatic carbocycles. The molecule has 0 saturated carbocycles. The summed E-state index contributed by atoms with van der Waals surface area (Å²) >= 11 is 0. The summed E-state index contributed by atoms with van der Waals surface area (Å²) in [6.45, 7) is 19.8. The summed E-state index contributed by atoms with van der Waals surface area (Å²) in [7, 11) is -1.65. The molecule has 1 atom stereocenters. The Morgan fingerprint density at radius 1 is 0.786 bits per heavy atom. The van der Waals surface area contributed by atoms with E-state index < -0.39 is 8.32 Å². The standard InChI is InChI=1S/C12H27OSi/c1-9(2)13-14(10(3)4,11(5)6)12(7)8/h9-12H,1H2,2-8H3. The van der Waals surface area contributed by atoms with Gasteiger partial charge in [0.1, 0.15) is 0 Å². The van der Waals surface area contributed by atoms with Gasteiger partial charge < -0.3 is 4.43 Å². The Balaban J connectivity index is 4.95. The molecule has 0 aromatic rings. The summed E-state index contributed by atoms with van der Waals surface area (Å²) in [5, 5.41) is 0. The van der Waals surface area contributed by atoms with Crippen LogP contribution in [0.1, 0.15) is 48.5 Å². The van der Waals surface area contributed by atoms with Gasteiger partial charge >= 0.3 is 0 Å². The van der Waals surface area contributed by atoms with Gasteiger partial charge in [0.05, 0.1) is 0 Å². The molecule has 0 aliphatic rings. The summed E-state index contributed by atoms with van der Waals surface area (Å²) in [5.41, 5.74) is 1.98. The van der Waals surface area contributed by atoms with Crippen molar-refractivity contribution in [1.82, 2.24) is 0 Å². The van der Waals surface area contributed by atoms with Gasteiger partial charge in [0.15, 0.2) is 0 Å². The van der Waals surface area contributed by atoms with Crippen LogP contribution in [0.5, 0.6) is 0 Å². The van der Waals surface area contributed by atoms with Crippen LogP contribution in [0.25, 0.3) is 0 Å². The van der Waals surface area contributed by atoms with Crippen molar-refractivity contribution in [3.63, 3.8) is 0 Å². The Labute approximate surface area is 91.4 Å². The lowest BCUT2D eigenvalue weighted by Crippen LogP contribution is -2.49. The summed E-state index contributed by atoms with van der Waals surface area (Å²) in [6, 6.07) is 0. The quantitative estimate of drug-likeness (QED) is 0.618. The van der Waals surface area contributed by atoms with Crippen LogP contribution in [0.3, 0.4) is 0 Å². The van der Waals surface area contributed by atoms with Gasteiger partial charge in [-0.25, -0.2) is 0 Å². The van der Waals surface area contributed by atoms with Crippen LogP contribution in [-0.2, 0) is 4.43 Å².